The number of phenolic OH excluding ortho intramolecular Hbond substituents is 1. The number of fused-ring (bicyclic) bond motifs is 2. The molecule has 4 aliphatic heterocycles. The molecule has 3 fully saturated rings. The number of anilines is 1. The summed E-state index contributed by atoms with van der Waals surface area (Å²) in [6, 6.07) is 3.75. The van der Waals surface area contributed by atoms with Crippen molar-refractivity contribution in [3.05, 3.63) is 47.3 Å². The molecule has 1 aromatic carbocycles. The maximum absolute atomic E-state index is 15.2. The number of nitrogens with zero attached hydrogens (tertiary/aromatic N) is 5. The second-order valence-electron chi connectivity index (χ2n) is 11.8. The Morgan fingerprint density at radius 1 is 1.17 bits per heavy atom. The van der Waals surface area contributed by atoms with Crippen molar-refractivity contribution in [2.45, 2.75) is 37.9 Å². The summed E-state index contributed by atoms with van der Waals surface area (Å²) in [5, 5.41) is 10.6. The molecule has 10 nitrogen and oxygen atoms in total. The van der Waals surface area contributed by atoms with Gasteiger partial charge >= 0.3 is 0 Å². The lowest BCUT2D eigenvalue weighted by molar-refractivity contribution is -0.128. The van der Waals surface area contributed by atoms with Crippen molar-refractivity contribution in [3.63, 3.8) is 0 Å². The maximum Gasteiger partial charge on any atom is 0.261 e. The van der Waals surface area contributed by atoms with Gasteiger partial charge in [0.05, 0.1) is 24.8 Å². The van der Waals surface area contributed by atoms with Crippen molar-refractivity contribution in [2.24, 2.45) is 0 Å². The molecule has 6 rings (SSSR count). The quantitative estimate of drug-likeness (QED) is 0.535. The van der Waals surface area contributed by atoms with Crippen molar-refractivity contribution in [1.29, 1.82) is 0 Å². The van der Waals surface area contributed by atoms with Crippen LogP contribution in [0.15, 0.2) is 30.9 Å². The highest BCUT2D eigenvalue weighted by Crippen LogP contribution is 2.48. The molecule has 0 saturated carbocycles. The fraction of sp³-hybridized carbons (Fsp3) is 0.500. The highest BCUT2D eigenvalue weighted by Gasteiger charge is 2.46. The minimum absolute atomic E-state index is 0.00257. The predicted octanol–water partition coefficient (Wildman–Crippen LogP) is 3.17. The zero-order valence-electron chi connectivity index (χ0n) is 23.8. The van der Waals surface area contributed by atoms with Crippen LogP contribution in [0.3, 0.4) is 0 Å². The number of amides is 2. The molecule has 0 unspecified atom stereocenters. The van der Waals surface area contributed by atoms with Crippen LogP contribution in [0.5, 0.6) is 11.5 Å². The normalized spacial score (nSPS) is 24.1. The van der Waals surface area contributed by atoms with Crippen molar-refractivity contribution in [3.8, 4) is 22.8 Å². The number of carbonyl (C=O) groups excluding carboxylic acids is 2. The Morgan fingerprint density at radius 2 is 1.93 bits per heavy atom. The average molecular weight is 600 g/mol. The first-order chi connectivity index (χ1) is 20.1. The number of pyridine rings is 1. The molecule has 0 radical (unpaired) electrons. The van der Waals surface area contributed by atoms with E-state index in [2.05, 4.69) is 30.2 Å². The number of carbonyl (C=O) groups is 2. The first kappa shape index (κ1) is 28.7. The van der Waals surface area contributed by atoms with Gasteiger partial charge in [-0.25, -0.2) is 9.37 Å². The summed E-state index contributed by atoms with van der Waals surface area (Å²) >= 11 is 6.89. The predicted molar refractivity (Wildman–Crippen MR) is 156 cm³/mol. The fourth-order valence-electron chi connectivity index (χ4n) is 6.65. The molecule has 12 heteroatoms. The summed E-state index contributed by atoms with van der Waals surface area (Å²) < 4.78 is 27.1. The van der Waals surface area contributed by atoms with E-state index in [1.54, 1.807) is 9.80 Å². The zero-order chi connectivity index (χ0) is 29.8. The molecule has 42 heavy (non-hydrogen) atoms. The Morgan fingerprint density at radius 3 is 2.64 bits per heavy atom. The topological polar surface area (TPSA) is 98.7 Å². The Hall–Kier alpha value is -3.41. The number of piperazine rings is 1. The van der Waals surface area contributed by atoms with Gasteiger partial charge in [0.15, 0.2) is 5.75 Å². The van der Waals surface area contributed by atoms with Gasteiger partial charge < -0.3 is 29.3 Å². The van der Waals surface area contributed by atoms with E-state index in [1.807, 2.05) is 0 Å². The van der Waals surface area contributed by atoms with Gasteiger partial charge in [-0.2, -0.15) is 0 Å². The molecule has 5 heterocycles. The fourth-order valence-corrected chi connectivity index (χ4v) is 6.94. The van der Waals surface area contributed by atoms with E-state index in [0.29, 0.717) is 38.7 Å². The van der Waals surface area contributed by atoms with Crippen LogP contribution in [0, 0.1) is 5.82 Å². The Labute approximate surface area is 249 Å². The van der Waals surface area contributed by atoms with Crippen LogP contribution in [-0.4, -0.2) is 113 Å². The van der Waals surface area contributed by atoms with Crippen LogP contribution in [0.1, 0.15) is 30.6 Å². The van der Waals surface area contributed by atoms with Crippen LogP contribution in [0.4, 0.5) is 10.2 Å². The third-order valence-electron chi connectivity index (χ3n) is 8.84. The molecule has 2 atom stereocenters. The third kappa shape index (κ3) is 4.87. The Balaban J connectivity index is 1.49. The van der Waals surface area contributed by atoms with Gasteiger partial charge in [-0.15, -0.1) is 0 Å². The van der Waals surface area contributed by atoms with Crippen LogP contribution in [0.2, 0.25) is 5.02 Å². The van der Waals surface area contributed by atoms with Crippen molar-refractivity contribution < 1.29 is 28.6 Å². The second kappa shape index (κ2) is 11.0. The maximum atomic E-state index is 15.2. The summed E-state index contributed by atoms with van der Waals surface area (Å²) in [5.41, 5.74) is -0.370. The van der Waals surface area contributed by atoms with E-state index >= 15 is 4.39 Å². The number of halogens is 2. The number of hydrogen-bond donors (Lipinski definition) is 1. The minimum atomic E-state index is -0.696. The lowest BCUT2D eigenvalue weighted by Crippen LogP contribution is -2.57. The number of rotatable bonds is 4. The summed E-state index contributed by atoms with van der Waals surface area (Å²) in [6.45, 7) is 12.3. The van der Waals surface area contributed by atoms with Gasteiger partial charge in [-0.05, 0) is 38.5 Å². The molecular weight excluding hydrogens is 565 g/mol. The molecule has 4 aliphatic rings. The standard InChI is InChI=1S/C30H35ClFN5O5/c1-4-22(39)35-8-9-36-19(15-35)17-42-27-24(29(36)40)28(33-26(25(27)31)23-20(32)6-5-7-21(23)38)37-16-18(14-30(37,2)3)34-10-12-41-13-11-34/h4-7,18-19,38H,1,8-17H2,2-3H3/t18-,19+/m0/s1. The second-order valence-corrected chi connectivity index (χ2v) is 12.2. The van der Waals surface area contributed by atoms with Gasteiger partial charge in [0.2, 0.25) is 5.91 Å². The summed E-state index contributed by atoms with van der Waals surface area (Å²) in [5.74, 6) is -1.10. The number of ether oxygens (including phenoxy) is 2. The monoisotopic (exact) mass is 599 g/mol. The largest absolute Gasteiger partial charge is 0.507 e. The van der Waals surface area contributed by atoms with Crippen molar-refractivity contribution in [1.82, 2.24) is 19.7 Å². The lowest BCUT2D eigenvalue weighted by atomic mass is 9.98. The summed E-state index contributed by atoms with van der Waals surface area (Å²) in [7, 11) is 0. The van der Waals surface area contributed by atoms with Crippen LogP contribution >= 0.6 is 11.6 Å². The van der Waals surface area contributed by atoms with E-state index in [9.17, 15) is 14.7 Å². The third-order valence-corrected chi connectivity index (χ3v) is 9.20. The average Bonchev–Trinajstić information content (AvgIpc) is 3.22. The molecule has 0 spiro atoms. The molecule has 0 bridgehead atoms. The molecular formula is C30H35ClFN5O5. The van der Waals surface area contributed by atoms with Crippen LogP contribution < -0.4 is 9.64 Å². The lowest BCUT2D eigenvalue weighted by Gasteiger charge is -2.40. The van der Waals surface area contributed by atoms with Gasteiger partial charge in [0.25, 0.3) is 5.91 Å². The Kier molecular flexibility index (Phi) is 7.53. The van der Waals surface area contributed by atoms with E-state index in [1.165, 1.54) is 24.3 Å². The molecule has 3 saturated heterocycles. The van der Waals surface area contributed by atoms with E-state index in [4.69, 9.17) is 26.1 Å². The first-order valence-corrected chi connectivity index (χ1v) is 14.6. The van der Waals surface area contributed by atoms with Crippen LogP contribution in [0.25, 0.3) is 11.3 Å². The molecule has 0 aliphatic carbocycles. The first-order valence-electron chi connectivity index (χ1n) is 14.3. The van der Waals surface area contributed by atoms with Gasteiger partial charge in [-0.1, -0.05) is 24.2 Å². The summed E-state index contributed by atoms with van der Waals surface area (Å²) in [4.78, 5) is 39.4. The molecule has 1 aromatic heterocycles. The van der Waals surface area contributed by atoms with Crippen molar-refractivity contribution >= 4 is 29.2 Å². The number of phenols is 1. The number of hydrogen-bond acceptors (Lipinski definition) is 8. The molecule has 2 aromatic rings. The minimum Gasteiger partial charge on any atom is -0.507 e. The number of morpholine rings is 1. The molecule has 1 N–H and O–H groups in total. The highest BCUT2D eigenvalue weighted by atomic mass is 35.5. The van der Waals surface area contributed by atoms with Crippen LogP contribution in [-0.2, 0) is 9.53 Å². The zero-order valence-corrected chi connectivity index (χ0v) is 24.6. The number of aromatic hydroxyl groups is 1. The Bertz CT molecular complexity index is 1410. The highest BCUT2D eigenvalue weighted by molar-refractivity contribution is 6.35. The van der Waals surface area contributed by atoms with E-state index < -0.39 is 17.4 Å². The van der Waals surface area contributed by atoms with E-state index in [-0.39, 0.29) is 64.4 Å². The van der Waals surface area contributed by atoms with E-state index in [0.717, 1.165) is 19.5 Å². The van der Waals surface area contributed by atoms with Gasteiger partial charge in [0.1, 0.15) is 40.3 Å². The smallest absolute Gasteiger partial charge is 0.261 e. The summed E-state index contributed by atoms with van der Waals surface area (Å²) in [6.07, 6.45) is 2.07. The number of aromatic nitrogens is 1. The van der Waals surface area contributed by atoms with Gasteiger partial charge in [0, 0.05) is 50.8 Å². The number of benzene rings is 1. The molecule has 2 amide bonds. The SMILES string of the molecule is C=CC(=O)N1CCN2C(=O)c3c(N4C[C@@H](N5CCOCC5)CC4(C)C)nc(-c4c(O)cccc4F)c(Cl)c3OC[C@H]2C1. The van der Waals surface area contributed by atoms with Gasteiger partial charge in [-0.3, -0.25) is 14.5 Å². The molecule has 224 valence electrons. The van der Waals surface area contributed by atoms with Crippen molar-refractivity contribution in [2.75, 3.05) is 64.0 Å².